The lowest BCUT2D eigenvalue weighted by atomic mass is 10.1. The highest BCUT2D eigenvalue weighted by Gasteiger charge is 2.18. The minimum Gasteiger partial charge on any atom is -0.465 e. The number of rotatable bonds is 6. The van der Waals surface area contributed by atoms with Crippen LogP contribution in [-0.4, -0.2) is 36.0 Å². The van der Waals surface area contributed by atoms with Crippen LogP contribution in [0.1, 0.15) is 46.0 Å². The Hall–Kier alpha value is -3.15. The molecule has 0 saturated heterocycles. The van der Waals surface area contributed by atoms with Crippen LogP contribution in [0.5, 0.6) is 0 Å². The number of methoxy groups -OCH3 is 1. The second kappa shape index (κ2) is 8.49. The van der Waals surface area contributed by atoms with Gasteiger partial charge in [-0.05, 0) is 58.0 Å². The van der Waals surface area contributed by atoms with Crippen molar-refractivity contribution < 1.29 is 23.9 Å². The Morgan fingerprint density at radius 3 is 2.26 bits per heavy atom. The maximum atomic E-state index is 12.5. The van der Waals surface area contributed by atoms with Crippen molar-refractivity contribution in [1.29, 1.82) is 0 Å². The third kappa shape index (κ3) is 4.73. The van der Waals surface area contributed by atoms with E-state index < -0.39 is 11.9 Å². The quantitative estimate of drug-likeness (QED) is 0.442. The molecule has 2 aromatic rings. The van der Waals surface area contributed by atoms with E-state index in [0.29, 0.717) is 11.1 Å². The average Bonchev–Trinajstić information content (AvgIpc) is 2.93. The lowest BCUT2D eigenvalue weighted by Crippen LogP contribution is -2.13. The molecule has 0 bridgehead atoms. The lowest BCUT2D eigenvalue weighted by Gasteiger charge is -2.10. The first-order valence-electron chi connectivity index (χ1n) is 8.47. The van der Waals surface area contributed by atoms with E-state index >= 15 is 0 Å². The standard InChI is InChI=1S/C21H23NO5/c1-13(2)10-20(24)27-12-19(23)18-11-14(3)22(15(18)4)17-8-6-16(7-9-17)21(25)26-5/h6-11H,12H2,1-5H3. The van der Waals surface area contributed by atoms with Crippen molar-refractivity contribution in [3.63, 3.8) is 0 Å². The third-order valence-electron chi connectivity index (χ3n) is 4.03. The molecule has 1 aromatic heterocycles. The summed E-state index contributed by atoms with van der Waals surface area (Å²) in [4.78, 5) is 35.6. The highest BCUT2D eigenvalue weighted by atomic mass is 16.5. The van der Waals surface area contributed by atoms with Crippen molar-refractivity contribution in [3.05, 3.63) is 64.5 Å². The molecule has 0 unspecified atom stereocenters. The van der Waals surface area contributed by atoms with Gasteiger partial charge in [0.25, 0.3) is 0 Å². The van der Waals surface area contributed by atoms with Crippen LogP contribution in [0, 0.1) is 13.8 Å². The number of esters is 2. The van der Waals surface area contributed by atoms with Crippen molar-refractivity contribution in [1.82, 2.24) is 4.57 Å². The van der Waals surface area contributed by atoms with Gasteiger partial charge in [-0.1, -0.05) is 5.57 Å². The minimum atomic E-state index is -0.532. The first-order chi connectivity index (χ1) is 12.7. The second-order valence-corrected chi connectivity index (χ2v) is 6.41. The van der Waals surface area contributed by atoms with E-state index in [2.05, 4.69) is 0 Å². The Morgan fingerprint density at radius 2 is 1.70 bits per heavy atom. The van der Waals surface area contributed by atoms with Gasteiger partial charge in [0.15, 0.2) is 6.61 Å². The zero-order valence-corrected chi connectivity index (χ0v) is 16.2. The Labute approximate surface area is 158 Å². The molecule has 2 rings (SSSR count). The van der Waals surface area contributed by atoms with Crippen LogP contribution in [0.4, 0.5) is 0 Å². The predicted molar refractivity (Wildman–Crippen MR) is 101 cm³/mol. The monoisotopic (exact) mass is 369 g/mol. The molecule has 6 heteroatoms. The summed E-state index contributed by atoms with van der Waals surface area (Å²) in [5.74, 6) is -1.21. The van der Waals surface area contributed by atoms with E-state index in [1.165, 1.54) is 13.2 Å². The fourth-order valence-electron chi connectivity index (χ4n) is 2.80. The molecule has 0 radical (unpaired) electrons. The maximum Gasteiger partial charge on any atom is 0.337 e. The summed E-state index contributed by atoms with van der Waals surface area (Å²) in [5.41, 5.74) is 4.17. The molecule has 0 aliphatic carbocycles. The largest absolute Gasteiger partial charge is 0.465 e. The van der Waals surface area contributed by atoms with Gasteiger partial charge in [-0.15, -0.1) is 0 Å². The molecular weight excluding hydrogens is 346 g/mol. The normalized spacial score (nSPS) is 10.3. The van der Waals surface area contributed by atoms with Gasteiger partial charge in [-0.25, -0.2) is 9.59 Å². The van der Waals surface area contributed by atoms with Crippen LogP contribution in [0.25, 0.3) is 5.69 Å². The number of aromatic nitrogens is 1. The fourth-order valence-corrected chi connectivity index (χ4v) is 2.80. The summed E-state index contributed by atoms with van der Waals surface area (Å²) in [7, 11) is 1.33. The topological polar surface area (TPSA) is 74.6 Å². The number of ether oxygens (including phenoxy) is 2. The highest BCUT2D eigenvalue weighted by molar-refractivity contribution is 6.00. The molecule has 0 N–H and O–H groups in total. The number of nitrogens with zero attached hydrogens (tertiary/aromatic N) is 1. The van der Waals surface area contributed by atoms with Crippen LogP contribution in [0.15, 0.2) is 42.0 Å². The van der Waals surface area contributed by atoms with E-state index in [9.17, 15) is 14.4 Å². The molecule has 0 fully saturated rings. The number of carbonyl (C=O) groups excluding carboxylic acids is 3. The SMILES string of the molecule is COC(=O)c1ccc(-n2c(C)cc(C(=O)COC(=O)C=C(C)C)c2C)cc1. The maximum absolute atomic E-state index is 12.5. The molecule has 6 nitrogen and oxygen atoms in total. The Balaban J connectivity index is 2.23. The molecule has 0 aliphatic rings. The van der Waals surface area contributed by atoms with Gasteiger partial charge < -0.3 is 14.0 Å². The number of ketones is 1. The Morgan fingerprint density at radius 1 is 1.07 bits per heavy atom. The van der Waals surface area contributed by atoms with Gasteiger partial charge >= 0.3 is 11.9 Å². The number of aryl methyl sites for hydroxylation is 1. The van der Waals surface area contributed by atoms with Gasteiger partial charge in [0.2, 0.25) is 5.78 Å². The van der Waals surface area contributed by atoms with Crippen molar-refractivity contribution >= 4 is 17.7 Å². The molecule has 0 atom stereocenters. The Bertz CT molecular complexity index is 899. The first-order valence-corrected chi connectivity index (χ1v) is 8.47. The van der Waals surface area contributed by atoms with Crippen molar-refractivity contribution in [2.45, 2.75) is 27.7 Å². The predicted octanol–water partition coefficient (Wildman–Crippen LogP) is 3.57. The van der Waals surface area contributed by atoms with Crippen LogP contribution in [-0.2, 0) is 14.3 Å². The summed E-state index contributed by atoms with van der Waals surface area (Å²) < 4.78 is 11.6. The van der Waals surface area contributed by atoms with E-state index in [-0.39, 0.29) is 12.4 Å². The number of Topliss-reactive ketones (excluding diaryl/α,β-unsaturated/α-hetero) is 1. The van der Waals surface area contributed by atoms with Gasteiger partial charge in [-0.2, -0.15) is 0 Å². The zero-order chi connectivity index (χ0) is 20.1. The minimum absolute atomic E-state index is 0.268. The van der Waals surface area contributed by atoms with Crippen LogP contribution < -0.4 is 0 Å². The highest BCUT2D eigenvalue weighted by Crippen LogP contribution is 2.22. The molecule has 1 heterocycles. The molecule has 0 spiro atoms. The summed E-state index contributed by atoms with van der Waals surface area (Å²) in [6.45, 7) is 6.96. The lowest BCUT2D eigenvalue weighted by molar-refractivity contribution is -0.136. The summed E-state index contributed by atoms with van der Waals surface area (Å²) in [6, 6.07) is 8.68. The van der Waals surface area contributed by atoms with Gasteiger partial charge in [0.05, 0.1) is 12.7 Å². The van der Waals surface area contributed by atoms with Crippen LogP contribution in [0.3, 0.4) is 0 Å². The molecule has 1 aromatic carbocycles. The number of allylic oxidation sites excluding steroid dienone is 1. The van der Waals surface area contributed by atoms with Gasteiger partial charge in [0, 0.05) is 28.7 Å². The van der Waals surface area contributed by atoms with Crippen LogP contribution >= 0.6 is 0 Å². The Kier molecular flexibility index (Phi) is 6.34. The fraction of sp³-hybridized carbons (Fsp3) is 0.286. The zero-order valence-electron chi connectivity index (χ0n) is 16.2. The van der Waals surface area contributed by atoms with E-state index in [1.807, 2.05) is 18.4 Å². The van der Waals surface area contributed by atoms with Gasteiger partial charge in [-0.3, -0.25) is 4.79 Å². The smallest absolute Gasteiger partial charge is 0.337 e. The molecule has 0 aliphatic heterocycles. The molecule has 27 heavy (non-hydrogen) atoms. The molecule has 0 saturated carbocycles. The van der Waals surface area contributed by atoms with Crippen LogP contribution in [0.2, 0.25) is 0 Å². The van der Waals surface area contributed by atoms with Gasteiger partial charge in [0.1, 0.15) is 0 Å². The summed E-state index contributed by atoms with van der Waals surface area (Å²) >= 11 is 0. The average molecular weight is 369 g/mol. The molecule has 0 amide bonds. The summed E-state index contributed by atoms with van der Waals surface area (Å²) in [5, 5.41) is 0. The molecule has 142 valence electrons. The van der Waals surface area contributed by atoms with E-state index in [1.54, 1.807) is 44.2 Å². The number of benzene rings is 1. The summed E-state index contributed by atoms with van der Waals surface area (Å²) in [6.07, 6.45) is 1.35. The van der Waals surface area contributed by atoms with Crippen molar-refractivity contribution in [2.75, 3.05) is 13.7 Å². The third-order valence-corrected chi connectivity index (χ3v) is 4.03. The van der Waals surface area contributed by atoms with E-state index in [4.69, 9.17) is 9.47 Å². The number of hydrogen-bond acceptors (Lipinski definition) is 5. The number of carbonyl (C=O) groups is 3. The number of hydrogen-bond donors (Lipinski definition) is 0. The first kappa shape index (κ1) is 20.2. The molecular formula is C21H23NO5. The van der Waals surface area contributed by atoms with Crippen molar-refractivity contribution in [2.24, 2.45) is 0 Å². The van der Waals surface area contributed by atoms with Crippen molar-refractivity contribution in [3.8, 4) is 5.69 Å². The van der Waals surface area contributed by atoms with E-state index in [0.717, 1.165) is 22.6 Å². The second-order valence-electron chi connectivity index (χ2n) is 6.41.